The van der Waals surface area contributed by atoms with E-state index in [0.717, 1.165) is 38.3 Å². The van der Waals surface area contributed by atoms with Crippen LogP contribution in [0, 0.1) is 11.3 Å². The summed E-state index contributed by atoms with van der Waals surface area (Å²) in [6.07, 6.45) is 8.73. The Labute approximate surface area is 142 Å². The summed E-state index contributed by atoms with van der Waals surface area (Å²) < 4.78 is 12.4. The van der Waals surface area contributed by atoms with Crippen molar-refractivity contribution >= 4 is 0 Å². The van der Waals surface area contributed by atoms with Gasteiger partial charge < -0.3 is 14.3 Å². The molecule has 0 aromatic rings. The highest BCUT2D eigenvalue weighted by Crippen LogP contribution is 2.47. The number of ether oxygens (including phenoxy) is 2. The Hall–Kier alpha value is -0.420. The van der Waals surface area contributed by atoms with Crippen LogP contribution in [0.25, 0.3) is 0 Å². The minimum absolute atomic E-state index is 0.188. The molecule has 1 aliphatic heterocycles. The molecule has 1 unspecified atom stereocenters. The second-order valence-electron chi connectivity index (χ2n) is 7.73. The summed E-state index contributed by atoms with van der Waals surface area (Å²) in [5, 5.41) is 1.90. The van der Waals surface area contributed by atoms with Crippen molar-refractivity contribution in [2.24, 2.45) is 11.3 Å². The van der Waals surface area contributed by atoms with Crippen molar-refractivity contribution in [2.45, 2.75) is 71.2 Å². The summed E-state index contributed by atoms with van der Waals surface area (Å²) >= 11 is 0. The number of hydroxylamine groups is 2. The predicted molar refractivity (Wildman–Crippen MR) is 93.0 cm³/mol. The van der Waals surface area contributed by atoms with Gasteiger partial charge in [-0.15, -0.1) is 6.58 Å². The molecule has 0 aromatic heterocycles. The summed E-state index contributed by atoms with van der Waals surface area (Å²) in [6, 6.07) is 0. The maximum atomic E-state index is 6.33. The Bertz CT molecular complexity index is 375. The lowest BCUT2D eigenvalue weighted by molar-refractivity contribution is -0.199. The van der Waals surface area contributed by atoms with Crippen LogP contribution in [0.3, 0.4) is 0 Å². The van der Waals surface area contributed by atoms with Crippen LogP contribution >= 0.6 is 0 Å². The minimum atomic E-state index is -0.304. The number of hydrogen-bond donors (Lipinski definition) is 0. The first-order valence-electron chi connectivity index (χ1n) is 9.16. The average molecular weight is 325 g/mol. The average Bonchev–Trinajstić information content (AvgIpc) is 2.94. The van der Waals surface area contributed by atoms with Gasteiger partial charge in [0, 0.05) is 25.9 Å². The highest BCUT2D eigenvalue weighted by molar-refractivity contribution is 4.89. The summed E-state index contributed by atoms with van der Waals surface area (Å²) in [6.45, 7) is 13.1. The molecule has 1 saturated carbocycles. The molecule has 0 amide bonds. The molecule has 1 spiro atoms. The molecule has 2 fully saturated rings. The molecule has 134 valence electrons. The van der Waals surface area contributed by atoms with Crippen LogP contribution in [-0.2, 0) is 14.3 Å². The number of rotatable bonds is 8. The van der Waals surface area contributed by atoms with Crippen molar-refractivity contribution in [1.82, 2.24) is 5.06 Å². The molecule has 2 rings (SSSR count). The SMILES string of the molecule is C=CCN(CCC1COC2(CCC(C(C)(C)CC)CC2)O1)OC. The summed E-state index contributed by atoms with van der Waals surface area (Å²) in [4.78, 5) is 5.32. The molecule has 0 aromatic carbocycles. The van der Waals surface area contributed by atoms with Crippen LogP contribution in [0.4, 0.5) is 0 Å². The maximum Gasteiger partial charge on any atom is 0.168 e. The Kier molecular flexibility index (Phi) is 6.66. The third-order valence-electron chi connectivity index (χ3n) is 5.97. The molecular weight excluding hydrogens is 290 g/mol. The fourth-order valence-electron chi connectivity index (χ4n) is 3.84. The standard InChI is InChI=1S/C19H35NO3/c1-6-13-20(21-5)14-10-17-15-22-19(23-17)11-8-16(9-12-19)18(3,4)7-2/h6,16-17H,1,7-15H2,2-5H3. The highest BCUT2D eigenvalue weighted by Gasteiger charge is 2.46. The second kappa shape index (κ2) is 8.11. The second-order valence-corrected chi connectivity index (χ2v) is 7.73. The van der Waals surface area contributed by atoms with Crippen LogP contribution in [0.2, 0.25) is 0 Å². The lowest BCUT2D eigenvalue weighted by Crippen LogP contribution is -2.39. The Balaban J connectivity index is 1.78. The molecule has 4 nitrogen and oxygen atoms in total. The molecule has 2 aliphatic rings. The van der Waals surface area contributed by atoms with Crippen LogP contribution < -0.4 is 0 Å². The molecule has 4 heteroatoms. The van der Waals surface area contributed by atoms with E-state index in [1.54, 1.807) is 7.11 Å². The van der Waals surface area contributed by atoms with Crippen molar-refractivity contribution < 1.29 is 14.3 Å². The number of nitrogens with zero attached hydrogens (tertiary/aromatic N) is 1. The topological polar surface area (TPSA) is 30.9 Å². The monoisotopic (exact) mass is 325 g/mol. The Morgan fingerprint density at radius 2 is 2.04 bits per heavy atom. The van der Waals surface area contributed by atoms with E-state index in [2.05, 4.69) is 27.4 Å². The molecular formula is C19H35NO3. The van der Waals surface area contributed by atoms with E-state index in [0.29, 0.717) is 12.0 Å². The van der Waals surface area contributed by atoms with Gasteiger partial charge in [-0.2, -0.15) is 5.06 Å². The zero-order chi connectivity index (χ0) is 16.9. The minimum Gasteiger partial charge on any atom is -0.347 e. The summed E-state index contributed by atoms with van der Waals surface area (Å²) in [5.74, 6) is 0.488. The van der Waals surface area contributed by atoms with Gasteiger partial charge in [-0.1, -0.05) is 33.3 Å². The van der Waals surface area contributed by atoms with Crippen LogP contribution in [0.1, 0.15) is 59.3 Å². The maximum absolute atomic E-state index is 6.33. The summed E-state index contributed by atoms with van der Waals surface area (Å²) in [7, 11) is 1.70. The quantitative estimate of drug-likeness (QED) is 0.495. The van der Waals surface area contributed by atoms with Gasteiger partial charge >= 0.3 is 0 Å². The van der Waals surface area contributed by atoms with Gasteiger partial charge in [0.2, 0.25) is 0 Å². The molecule has 1 atom stereocenters. The van der Waals surface area contributed by atoms with Gasteiger partial charge in [-0.25, -0.2) is 0 Å². The zero-order valence-electron chi connectivity index (χ0n) is 15.5. The van der Waals surface area contributed by atoms with Gasteiger partial charge in [0.05, 0.1) is 19.8 Å². The number of hydrogen-bond acceptors (Lipinski definition) is 4. The van der Waals surface area contributed by atoms with E-state index in [-0.39, 0.29) is 11.9 Å². The normalized spacial score (nSPS) is 31.9. The first-order valence-corrected chi connectivity index (χ1v) is 9.16. The van der Waals surface area contributed by atoms with Gasteiger partial charge in [0.25, 0.3) is 0 Å². The van der Waals surface area contributed by atoms with E-state index in [1.165, 1.54) is 19.3 Å². The molecule has 0 radical (unpaired) electrons. The molecule has 1 heterocycles. The van der Waals surface area contributed by atoms with Gasteiger partial charge in [-0.05, 0) is 30.6 Å². The largest absolute Gasteiger partial charge is 0.347 e. The van der Waals surface area contributed by atoms with Gasteiger partial charge in [0.15, 0.2) is 5.79 Å². The molecule has 23 heavy (non-hydrogen) atoms. The van der Waals surface area contributed by atoms with Gasteiger partial charge in [-0.3, -0.25) is 0 Å². The fraction of sp³-hybridized carbons (Fsp3) is 0.895. The van der Waals surface area contributed by atoms with Crippen LogP contribution in [0.15, 0.2) is 12.7 Å². The van der Waals surface area contributed by atoms with E-state index >= 15 is 0 Å². The molecule has 1 aliphatic carbocycles. The Morgan fingerprint density at radius 1 is 1.35 bits per heavy atom. The smallest absolute Gasteiger partial charge is 0.168 e. The van der Waals surface area contributed by atoms with Crippen molar-refractivity contribution in [3.05, 3.63) is 12.7 Å². The van der Waals surface area contributed by atoms with Crippen LogP contribution in [0.5, 0.6) is 0 Å². The summed E-state index contributed by atoms with van der Waals surface area (Å²) in [5.41, 5.74) is 0.434. The van der Waals surface area contributed by atoms with E-state index in [1.807, 2.05) is 11.1 Å². The van der Waals surface area contributed by atoms with Crippen molar-refractivity contribution in [2.75, 3.05) is 26.8 Å². The fourth-order valence-corrected chi connectivity index (χ4v) is 3.84. The lowest BCUT2D eigenvalue weighted by Gasteiger charge is -2.42. The van der Waals surface area contributed by atoms with Crippen molar-refractivity contribution in [1.29, 1.82) is 0 Å². The van der Waals surface area contributed by atoms with Crippen molar-refractivity contribution in [3.8, 4) is 0 Å². The Morgan fingerprint density at radius 3 is 2.61 bits per heavy atom. The van der Waals surface area contributed by atoms with E-state index in [9.17, 15) is 0 Å². The third kappa shape index (κ3) is 4.79. The van der Waals surface area contributed by atoms with Crippen molar-refractivity contribution in [3.63, 3.8) is 0 Å². The zero-order valence-corrected chi connectivity index (χ0v) is 15.5. The first kappa shape index (κ1) is 18.9. The van der Waals surface area contributed by atoms with Crippen LogP contribution in [-0.4, -0.2) is 43.8 Å². The molecule has 1 saturated heterocycles. The third-order valence-corrected chi connectivity index (χ3v) is 5.97. The van der Waals surface area contributed by atoms with Gasteiger partial charge in [0.1, 0.15) is 0 Å². The van der Waals surface area contributed by atoms with E-state index < -0.39 is 0 Å². The van der Waals surface area contributed by atoms with E-state index in [4.69, 9.17) is 14.3 Å². The molecule has 0 N–H and O–H groups in total. The first-order chi connectivity index (χ1) is 10.9. The lowest BCUT2D eigenvalue weighted by atomic mass is 9.68. The predicted octanol–water partition coefficient (Wildman–Crippen LogP) is 4.16. The molecule has 0 bridgehead atoms. The highest BCUT2D eigenvalue weighted by atomic mass is 16.7.